The summed E-state index contributed by atoms with van der Waals surface area (Å²) in [7, 11) is -3.98. The molecule has 18 heavy (non-hydrogen) atoms. The number of hydrogen-bond acceptors (Lipinski definition) is 4. The second-order valence-corrected chi connectivity index (χ2v) is 5.35. The van der Waals surface area contributed by atoms with Gasteiger partial charge in [-0.3, -0.25) is 0 Å². The summed E-state index contributed by atoms with van der Waals surface area (Å²) in [4.78, 5) is 10.2. The van der Waals surface area contributed by atoms with Gasteiger partial charge < -0.3 is 10.2 Å². The van der Waals surface area contributed by atoms with Crippen LogP contribution in [0.4, 0.5) is 4.39 Å². The molecule has 6 nitrogen and oxygen atoms in total. The fraction of sp³-hybridized carbons (Fsp3) is 0.300. The van der Waals surface area contributed by atoms with Crippen LogP contribution in [0.15, 0.2) is 23.1 Å². The van der Waals surface area contributed by atoms with Crippen molar-refractivity contribution in [2.45, 2.75) is 17.9 Å². The third kappa shape index (κ3) is 3.49. The van der Waals surface area contributed by atoms with Crippen molar-refractivity contribution in [3.8, 4) is 0 Å². The number of carboxylic acids is 1. The van der Waals surface area contributed by atoms with E-state index in [1.165, 1.54) is 6.92 Å². The molecule has 0 radical (unpaired) electrons. The van der Waals surface area contributed by atoms with Gasteiger partial charge in [0.15, 0.2) is 6.10 Å². The molecule has 0 aliphatic carbocycles. The molecular weight excluding hydrogens is 265 g/mol. The molecule has 0 heterocycles. The second kappa shape index (κ2) is 5.42. The van der Waals surface area contributed by atoms with Gasteiger partial charge in [0.05, 0.1) is 4.90 Å². The minimum atomic E-state index is -3.98. The molecule has 0 aromatic heterocycles. The summed E-state index contributed by atoms with van der Waals surface area (Å²) in [6.07, 6.45) is -1.83. The van der Waals surface area contributed by atoms with Crippen molar-refractivity contribution >= 4 is 16.0 Å². The van der Waals surface area contributed by atoms with Crippen LogP contribution >= 0.6 is 0 Å². The first kappa shape index (κ1) is 14.6. The van der Waals surface area contributed by atoms with Crippen LogP contribution in [0.25, 0.3) is 0 Å². The number of aliphatic hydroxyl groups excluding tert-OH is 1. The molecule has 3 N–H and O–H groups in total. The van der Waals surface area contributed by atoms with Gasteiger partial charge >= 0.3 is 5.97 Å². The maximum Gasteiger partial charge on any atom is 0.333 e. The quantitative estimate of drug-likeness (QED) is 0.695. The van der Waals surface area contributed by atoms with E-state index in [1.54, 1.807) is 0 Å². The lowest BCUT2D eigenvalue weighted by atomic mass is 10.2. The second-order valence-electron chi connectivity index (χ2n) is 3.62. The van der Waals surface area contributed by atoms with Crippen molar-refractivity contribution in [3.63, 3.8) is 0 Å². The molecule has 0 aliphatic rings. The van der Waals surface area contributed by atoms with E-state index in [2.05, 4.69) is 0 Å². The number of sulfonamides is 1. The minimum absolute atomic E-state index is 0.165. The first-order valence-electron chi connectivity index (χ1n) is 4.91. The third-order valence-electron chi connectivity index (χ3n) is 2.18. The fourth-order valence-electron chi connectivity index (χ4n) is 1.27. The van der Waals surface area contributed by atoms with Crippen LogP contribution in [0.1, 0.15) is 5.56 Å². The first-order chi connectivity index (χ1) is 8.24. The Morgan fingerprint density at radius 3 is 2.61 bits per heavy atom. The van der Waals surface area contributed by atoms with E-state index < -0.39 is 34.5 Å². The average Bonchev–Trinajstić information content (AvgIpc) is 2.25. The van der Waals surface area contributed by atoms with Crippen molar-refractivity contribution in [1.29, 1.82) is 0 Å². The molecule has 1 rings (SSSR count). The molecule has 0 spiro atoms. The van der Waals surface area contributed by atoms with Gasteiger partial charge in [-0.25, -0.2) is 22.3 Å². The molecule has 100 valence electrons. The van der Waals surface area contributed by atoms with E-state index in [1.807, 2.05) is 4.72 Å². The van der Waals surface area contributed by atoms with Gasteiger partial charge in [0.2, 0.25) is 10.0 Å². The molecule has 0 bridgehead atoms. The number of hydrogen-bond donors (Lipinski definition) is 3. The number of nitrogens with one attached hydrogen (secondary N) is 1. The first-order valence-corrected chi connectivity index (χ1v) is 6.39. The fourth-order valence-corrected chi connectivity index (χ4v) is 2.53. The molecule has 1 atom stereocenters. The molecular formula is C10H12FNO5S. The summed E-state index contributed by atoms with van der Waals surface area (Å²) in [5.74, 6) is -2.11. The Labute approximate surface area is 103 Å². The van der Waals surface area contributed by atoms with E-state index in [0.717, 1.165) is 18.2 Å². The topological polar surface area (TPSA) is 104 Å². The maximum atomic E-state index is 12.8. The molecule has 1 aromatic rings. The number of halogens is 1. The number of aryl methyl sites for hydroxylation is 1. The number of aliphatic carboxylic acids is 1. The van der Waals surface area contributed by atoms with Crippen LogP contribution in [-0.4, -0.2) is 37.2 Å². The lowest BCUT2D eigenvalue weighted by Crippen LogP contribution is -2.36. The molecule has 1 aromatic carbocycles. The summed E-state index contributed by atoms with van der Waals surface area (Å²) in [6.45, 7) is 0.750. The number of benzene rings is 1. The van der Waals surface area contributed by atoms with Gasteiger partial charge in [0.25, 0.3) is 0 Å². The standard InChI is InChI=1S/C10H12FNO5S/c1-6-4-7(11)2-3-9(6)18(16,17)12-5-8(13)10(14)15/h2-4,8,12-13H,5H2,1H3,(H,14,15)/t8-/m0/s1. The number of carboxylic acid groups (broad SMARTS) is 1. The van der Waals surface area contributed by atoms with Crippen molar-refractivity contribution < 1.29 is 27.8 Å². The van der Waals surface area contributed by atoms with Crippen molar-refractivity contribution in [1.82, 2.24) is 4.72 Å². The monoisotopic (exact) mass is 277 g/mol. The molecule has 0 aliphatic heterocycles. The van der Waals surface area contributed by atoms with Gasteiger partial charge in [-0.05, 0) is 30.7 Å². The van der Waals surface area contributed by atoms with Crippen LogP contribution in [0.5, 0.6) is 0 Å². The van der Waals surface area contributed by atoms with Crippen LogP contribution in [0.2, 0.25) is 0 Å². The highest BCUT2D eigenvalue weighted by Crippen LogP contribution is 2.15. The summed E-state index contributed by atoms with van der Waals surface area (Å²) >= 11 is 0. The zero-order chi connectivity index (χ0) is 13.9. The van der Waals surface area contributed by atoms with Crippen LogP contribution in [0, 0.1) is 12.7 Å². The number of aliphatic hydroxyl groups is 1. The van der Waals surface area contributed by atoms with Crippen molar-refractivity contribution in [2.75, 3.05) is 6.54 Å². The Morgan fingerprint density at radius 2 is 2.11 bits per heavy atom. The molecule has 0 fully saturated rings. The zero-order valence-electron chi connectivity index (χ0n) is 9.42. The maximum absolute atomic E-state index is 12.8. The van der Waals surface area contributed by atoms with Gasteiger partial charge in [-0.2, -0.15) is 0 Å². The Hall–Kier alpha value is -1.51. The average molecular weight is 277 g/mol. The SMILES string of the molecule is Cc1cc(F)ccc1S(=O)(=O)NC[C@H](O)C(=O)O. The molecule has 0 saturated heterocycles. The summed E-state index contributed by atoms with van der Waals surface area (Å²) in [5.41, 5.74) is 0.187. The summed E-state index contributed by atoms with van der Waals surface area (Å²) in [5, 5.41) is 17.4. The Balaban J connectivity index is 2.90. The smallest absolute Gasteiger partial charge is 0.333 e. The van der Waals surface area contributed by atoms with Crippen molar-refractivity contribution in [2.24, 2.45) is 0 Å². The highest BCUT2D eigenvalue weighted by molar-refractivity contribution is 7.89. The lowest BCUT2D eigenvalue weighted by Gasteiger charge is -2.10. The molecule has 0 amide bonds. The van der Waals surface area contributed by atoms with Gasteiger partial charge in [0, 0.05) is 6.54 Å². The van der Waals surface area contributed by atoms with Crippen LogP contribution in [-0.2, 0) is 14.8 Å². The molecule has 8 heteroatoms. The molecule has 0 unspecified atom stereocenters. The predicted molar refractivity (Wildman–Crippen MR) is 60.0 cm³/mol. The highest BCUT2D eigenvalue weighted by atomic mass is 32.2. The minimum Gasteiger partial charge on any atom is -0.479 e. The number of carbonyl (C=O) groups is 1. The highest BCUT2D eigenvalue weighted by Gasteiger charge is 2.20. The third-order valence-corrected chi connectivity index (χ3v) is 3.76. The van der Waals surface area contributed by atoms with E-state index in [4.69, 9.17) is 10.2 Å². The van der Waals surface area contributed by atoms with Gasteiger partial charge in [-0.1, -0.05) is 0 Å². The van der Waals surface area contributed by atoms with Crippen LogP contribution in [0.3, 0.4) is 0 Å². The van der Waals surface area contributed by atoms with Crippen LogP contribution < -0.4 is 4.72 Å². The summed E-state index contributed by atoms with van der Waals surface area (Å²) in [6, 6.07) is 3.09. The van der Waals surface area contributed by atoms with E-state index in [-0.39, 0.29) is 10.5 Å². The van der Waals surface area contributed by atoms with E-state index in [0.29, 0.717) is 0 Å². The van der Waals surface area contributed by atoms with E-state index in [9.17, 15) is 17.6 Å². The Morgan fingerprint density at radius 1 is 1.50 bits per heavy atom. The lowest BCUT2D eigenvalue weighted by molar-refractivity contribution is -0.146. The van der Waals surface area contributed by atoms with E-state index >= 15 is 0 Å². The van der Waals surface area contributed by atoms with Gasteiger partial charge in [-0.15, -0.1) is 0 Å². The largest absolute Gasteiger partial charge is 0.479 e. The molecule has 0 saturated carbocycles. The Kier molecular flexibility index (Phi) is 4.38. The normalized spacial score (nSPS) is 13.3. The van der Waals surface area contributed by atoms with Gasteiger partial charge in [0.1, 0.15) is 5.82 Å². The number of rotatable bonds is 5. The zero-order valence-corrected chi connectivity index (χ0v) is 10.2. The predicted octanol–water partition coefficient (Wildman–Crippen LogP) is -0.142. The summed E-state index contributed by atoms with van der Waals surface area (Å²) < 4.78 is 38.3. The Bertz CT molecular complexity index is 557. The van der Waals surface area contributed by atoms with Crippen molar-refractivity contribution in [3.05, 3.63) is 29.6 Å².